The summed E-state index contributed by atoms with van der Waals surface area (Å²) in [6.45, 7) is 2.91. The van der Waals surface area contributed by atoms with Crippen LogP contribution in [0.1, 0.15) is 6.92 Å². The molecular formula is C10H10IN3. The monoisotopic (exact) mass is 299 g/mol. The minimum Gasteiger partial charge on any atom is -0.253 e. The Morgan fingerprint density at radius 1 is 1.29 bits per heavy atom. The van der Waals surface area contributed by atoms with Crippen molar-refractivity contribution >= 4 is 22.6 Å². The lowest BCUT2D eigenvalue weighted by Gasteiger charge is -1.95. The molecule has 14 heavy (non-hydrogen) atoms. The summed E-state index contributed by atoms with van der Waals surface area (Å²) in [5.74, 6) is 0.795. The molecule has 4 heteroatoms. The zero-order chi connectivity index (χ0) is 9.97. The van der Waals surface area contributed by atoms with Crippen LogP contribution in [-0.2, 0) is 6.54 Å². The smallest absolute Gasteiger partial charge is 0.181 e. The van der Waals surface area contributed by atoms with E-state index < -0.39 is 0 Å². The summed E-state index contributed by atoms with van der Waals surface area (Å²) < 4.78 is 3.05. The number of hydrogen-bond donors (Lipinski definition) is 0. The van der Waals surface area contributed by atoms with Gasteiger partial charge in [-0.1, -0.05) is 12.1 Å². The number of hydrogen-bond acceptors (Lipinski definition) is 2. The number of nitrogens with zero attached hydrogens (tertiary/aromatic N) is 3. The molecule has 1 heterocycles. The molecule has 0 spiro atoms. The van der Waals surface area contributed by atoms with Crippen molar-refractivity contribution in [2.45, 2.75) is 13.5 Å². The number of benzene rings is 1. The molecule has 0 fully saturated rings. The normalized spacial score (nSPS) is 10.4. The molecule has 0 aliphatic heterocycles. The van der Waals surface area contributed by atoms with Crippen molar-refractivity contribution in [3.63, 3.8) is 0 Å². The third-order valence-electron chi connectivity index (χ3n) is 1.96. The molecule has 2 rings (SSSR count). The van der Waals surface area contributed by atoms with Gasteiger partial charge in [-0.15, -0.1) is 0 Å². The Hall–Kier alpha value is -0.910. The first kappa shape index (κ1) is 9.64. The summed E-state index contributed by atoms with van der Waals surface area (Å²) >= 11 is 2.28. The van der Waals surface area contributed by atoms with Gasteiger partial charge in [-0.2, -0.15) is 5.10 Å². The average molecular weight is 299 g/mol. The number of rotatable bonds is 2. The predicted octanol–water partition coefficient (Wildman–Crippen LogP) is 2.57. The fourth-order valence-electron chi connectivity index (χ4n) is 1.18. The molecule has 1 aromatic heterocycles. The van der Waals surface area contributed by atoms with Crippen molar-refractivity contribution in [2.24, 2.45) is 0 Å². The highest BCUT2D eigenvalue weighted by atomic mass is 127. The van der Waals surface area contributed by atoms with Gasteiger partial charge in [0, 0.05) is 15.7 Å². The molecule has 0 bridgehead atoms. The molecule has 0 aliphatic carbocycles. The molecule has 0 saturated carbocycles. The van der Waals surface area contributed by atoms with Gasteiger partial charge in [0.2, 0.25) is 0 Å². The van der Waals surface area contributed by atoms with Crippen molar-refractivity contribution in [2.75, 3.05) is 0 Å². The Labute approximate surface area is 96.3 Å². The van der Waals surface area contributed by atoms with Gasteiger partial charge in [0.05, 0.1) is 0 Å². The van der Waals surface area contributed by atoms with Gasteiger partial charge in [-0.05, 0) is 41.6 Å². The van der Waals surface area contributed by atoms with Crippen LogP contribution in [0.25, 0.3) is 11.4 Å². The standard InChI is InChI=1S/C10H10IN3/c1-2-14-7-12-10(13-14)8-3-5-9(11)6-4-8/h3-7H,2H2,1H3. The first-order valence-corrected chi connectivity index (χ1v) is 5.53. The fraction of sp³-hybridized carbons (Fsp3) is 0.200. The summed E-state index contributed by atoms with van der Waals surface area (Å²) in [4.78, 5) is 4.24. The molecule has 72 valence electrons. The fourth-order valence-corrected chi connectivity index (χ4v) is 1.54. The third-order valence-corrected chi connectivity index (χ3v) is 2.68. The molecule has 0 radical (unpaired) electrons. The molecule has 0 saturated heterocycles. The van der Waals surface area contributed by atoms with E-state index in [1.807, 2.05) is 23.7 Å². The van der Waals surface area contributed by atoms with Crippen LogP contribution in [0.15, 0.2) is 30.6 Å². The highest BCUT2D eigenvalue weighted by Gasteiger charge is 2.02. The zero-order valence-corrected chi connectivity index (χ0v) is 9.97. The number of aryl methyl sites for hydroxylation is 1. The zero-order valence-electron chi connectivity index (χ0n) is 7.81. The van der Waals surface area contributed by atoms with E-state index in [2.05, 4.69) is 44.8 Å². The van der Waals surface area contributed by atoms with E-state index in [-0.39, 0.29) is 0 Å². The van der Waals surface area contributed by atoms with E-state index >= 15 is 0 Å². The van der Waals surface area contributed by atoms with Crippen LogP contribution in [0.4, 0.5) is 0 Å². The maximum Gasteiger partial charge on any atom is 0.181 e. The summed E-state index contributed by atoms with van der Waals surface area (Å²) in [6, 6.07) is 8.19. The molecule has 2 aromatic rings. The van der Waals surface area contributed by atoms with Gasteiger partial charge in [-0.25, -0.2) is 4.98 Å². The van der Waals surface area contributed by atoms with E-state index in [0.29, 0.717) is 0 Å². The molecule has 0 atom stereocenters. The molecule has 0 N–H and O–H groups in total. The lowest BCUT2D eigenvalue weighted by Crippen LogP contribution is -1.93. The Balaban J connectivity index is 2.34. The summed E-state index contributed by atoms with van der Waals surface area (Å²) in [5, 5.41) is 4.33. The van der Waals surface area contributed by atoms with E-state index in [4.69, 9.17) is 0 Å². The quantitative estimate of drug-likeness (QED) is 0.798. The van der Waals surface area contributed by atoms with E-state index in [9.17, 15) is 0 Å². The Bertz CT molecular complexity index is 419. The number of halogens is 1. The van der Waals surface area contributed by atoms with E-state index in [1.165, 1.54) is 3.57 Å². The lowest BCUT2D eigenvalue weighted by molar-refractivity contribution is 0.659. The molecular weight excluding hydrogens is 289 g/mol. The third kappa shape index (κ3) is 1.95. The topological polar surface area (TPSA) is 30.7 Å². The number of aromatic nitrogens is 3. The second kappa shape index (κ2) is 4.08. The van der Waals surface area contributed by atoms with Crippen LogP contribution in [0.3, 0.4) is 0 Å². The van der Waals surface area contributed by atoms with Gasteiger partial charge in [-0.3, -0.25) is 4.68 Å². The van der Waals surface area contributed by atoms with Crippen molar-refractivity contribution in [1.29, 1.82) is 0 Å². The minimum absolute atomic E-state index is 0.795. The Morgan fingerprint density at radius 2 is 2.00 bits per heavy atom. The Kier molecular flexibility index (Phi) is 2.81. The molecule has 0 amide bonds. The highest BCUT2D eigenvalue weighted by Crippen LogP contribution is 2.15. The van der Waals surface area contributed by atoms with E-state index in [1.54, 1.807) is 6.33 Å². The molecule has 3 nitrogen and oxygen atoms in total. The maximum atomic E-state index is 4.33. The van der Waals surface area contributed by atoms with Crippen LogP contribution in [0.2, 0.25) is 0 Å². The summed E-state index contributed by atoms with van der Waals surface area (Å²) in [6.07, 6.45) is 1.76. The minimum atomic E-state index is 0.795. The van der Waals surface area contributed by atoms with Gasteiger partial charge < -0.3 is 0 Å². The average Bonchev–Trinajstić information content (AvgIpc) is 2.67. The van der Waals surface area contributed by atoms with Crippen LogP contribution in [-0.4, -0.2) is 14.8 Å². The summed E-state index contributed by atoms with van der Waals surface area (Å²) in [7, 11) is 0. The van der Waals surface area contributed by atoms with Gasteiger partial charge >= 0.3 is 0 Å². The summed E-state index contributed by atoms with van der Waals surface area (Å²) in [5.41, 5.74) is 1.07. The largest absolute Gasteiger partial charge is 0.253 e. The van der Waals surface area contributed by atoms with Gasteiger partial charge in [0.1, 0.15) is 6.33 Å². The first-order valence-electron chi connectivity index (χ1n) is 4.45. The first-order chi connectivity index (χ1) is 6.79. The lowest BCUT2D eigenvalue weighted by atomic mass is 10.2. The van der Waals surface area contributed by atoms with E-state index in [0.717, 1.165) is 17.9 Å². The van der Waals surface area contributed by atoms with Crippen LogP contribution in [0, 0.1) is 3.57 Å². The predicted molar refractivity (Wildman–Crippen MR) is 63.8 cm³/mol. The van der Waals surface area contributed by atoms with Crippen LogP contribution < -0.4 is 0 Å². The second-order valence-electron chi connectivity index (χ2n) is 2.93. The Morgan fingerprint density at radius 3 is 2.57 bits per heavy atom. The maximum absolute atomic E-state index is 4.33. The second-order valence-corrected chi connectivity index (χ2v) is 4.18. The molecule has 0 unspecified atom stereocenters. The van der Waals surface area contributed by atoms with Crippen molar-refractivity contribution in [1.82, 2.24) is 14.8 Å². The van der Waals surface area contributed by atoms with Crippen LogP contribution >= 0.6 is 22.6 Å². The van der Waals surface area contributed by atoms with Crippen molar-refractivity contribution in [3.05, 3.63) is 34.2 Å². The molecule has 0 aliphatic rings. The van der Waals surface area contributed by atoms with Gasteiger partial charge in [0.15, 0.2) is 5.82 Å². The van der Waals surface area contributed by atoms with Crippen molar-refractivity contribution < 1.29 is 0 Å². The van der Waals surface area contributed by atoms with Gasteiger partial charge in [0.25, 0.3) is 0 Å². The molecule has 1 aromatic carbocycles. The van der Waals surface area contributed by atoms with Crippen molar-refractivity contribution in [3.8, 4) is 11.4 Å². The highest BCUT2D eigenvalue weighted by molar-refractivity contribution is 14.1. The SMILES string of the molecule is CCn1cnc(-c2ccc(I)cc2)n1. The van der Waals surface area contributed by atoms with Crippen LogP contribution in [0.5, 0.6) is 0 Å².